The van der Waals surface area contributed by atoms with Crippen molar-refractivity contribution < 1.29 is 19.9 Å². The fraction of sp³-hybridized carbons (Fsp3) is 0.0952. The first-order chi connectivity index (χ1) is 12.1. The lowest BCUT2D eigenvalue weighted by Crippen LogP contribution is -2.12. The van der Waals surface area contributed by atoms with Crippen LogP contribution in [0.4, 0.5) is 5.69 Å². The van der Waals surface area contributed by atoms with E-state index in [4.69, 9.17) is 0 Å². The number of para-hydroxylation sites is 2. The van der Waals surface area contributed by atoms with Crippen molar-refractivity contribution in [3.8, 4) is 17.2 Å². The maximum absolute atomic E-state index is 10.2. The first-order valence-electron chi connectivity index (χ1n) is 8.09. The van der Waals surface area contributed by atoms with Crippen LogP contribution in [0.15, 0.2) is 72.8 Å². The van der Waals surface area contributed by atoms with E-state index in [1.165, 1.54) is 12.1 Å². The van der Waals surface area contributed by atoms with Crippen LogP contribution in [0.3, 0.4) is 0 Å². The molecule has 0 saturated carbocycles. The molecule has 0 aliphatic rings. The van der Waals surface area contributed by atoms with Crippen molar-refractivity contribution in [2.24, 2.45) is 0 Å². The number of hydrogen-bond acceptors (Lipinski definition) is 3. The standard InChI is InChI=1S/C21H19NO3/c23-18-10-11-20(24)17(14-18)12-13-22(15-16-6-2-1-3-7-16)19-8-4-5-9-21(19)25/h1-11,14-15H,12-13H2,(H2-,23,24,25)/p+1. The number of phenols is 3. The molecule has 0 fully saturated rings. The minimum atomic E-state index is 0.119. The molecule has 3 rings (SSSR count). The number of rotatable bonds is 5. The zero-order valence-corrected chi connectivity index (χ0v) is 13.7. The molecule has 126 valence electrons. The Balaban J connectivity index is 1.93. The van der Waals surface area contributed by atoms with Gasteiger partial charge in [0.1, 0.15) is 11.5 Å². The van der Waals surface area contributed by atoms with Gasteiger partial charge in [-0.05, 0) is 36.4 Å². The molecule has 0 radical (unpaired) electrons. The van der Waals surface area contributed by atoms with E-state index < -0.39 is 0 Å². The quantitative estimate of drug-likeness (QED) is 0.378. The second-order valence-electron chi connectivity index (χ2n) is 5.78. The Labute approximate surface area is 146 Å². The molecule has 0 spiro atoms. The Morgan fingerprint density at radius 1 is 0.760 bits per heavy atom. The second-order valence-corrected chi connectivity index (χ2v) is 5.78. The molecule has 0 saturated heterocycles. The fourth-order valence-electron chi connectivity index (χ4n) is 2.69. The molecule has 3 aromatic carbocycles. The van der Waals surface area contributed by atoms with Crippen molar-refractivity contribution in [1.29, 1.82) is 0 Å². The highest BCUT2D eigenvalue weighted by atomic mass is 16.3. The summed E-state index contributed by atoms with van der Waals surface area (Å²) >= 11 is 0. The smallest absolute Gasteiger partial charge is 0.247 e. The number of aromatic hydroxyl groups is 3. The predicted molar refractivity (Wildman–Crippen MR) is 98.0 cm³/mol. The van der Waals surface area contributed by atoms with Crippen molar-refractivity contribution >= 4 is 11.9 Å². The first kappa shape index (κ1) is 16.6. The summed E-state index contributed by atoms with van der Waals surface area (Å²) in [6.45, 7) is 0.531. The van der Waals surface area contributed by atoms with Crippen LogP contribution < -0.4 is 0 Å². The van der Waals surface area contributed by atoms with Crippen LogP contribution in [-0.2, 0) is 6.42 Å². The number of phenolic OH excluding ortho intramolecular Hbond substituents is 3. The molecule has 4 heteroatoms. The molecule has 4 nitrogen and oxygen atoms in total. The van der Waals surface area contributed by atoms with Crippen molar-refractivity contribution in [3.05, 3.63) is 83.9 Å². The van der Waals surface area contributed by atoms with Gasteiger partial charge in [0, 0.05) is 23.6 Å². The third-order valence-electron chi connectivity index (χ3n) is 3.98. The van der Waals surface area contributed by atoms with E-state index in [0.29, 0.717) is 24.2 Å². The van der Waals surface area contributed by atoms with Crippen molar-refractivity contribution in [2.45, 2.75) is 6.42 Å². The van der Waals surface area contributed by atoms with E-state index in [-0.39, 0.29) is 17.2 Å². The summed E-state index contributed by atoms with van der Waals surface area (Å²) in [4.78, 5) is 0. The highest BCUT2D eigenvalue weighted by molar-refractivity contribution is 5.76. The first-order valence-corrected chi connectivity index (χ1v) is 8.09. The Hall–Kier alpha value is -3.27. The average molecular weight is 334 g/mol. The fourth-order valence-corrected chi connectivity index (χ4v) is 2.69. The molecular weight excluding hydrogens is 314 g/mol. The van der Waals surface area contributed by atoms with Gasteiger partial charge in [0.2, 0.25) is 5.69 Å². The van der Waals surface area contributed by atoms with Gasteiger partial charge in [-0.3, -0.25) is 0 Å². The molecule has 0 bridgehead atoms. The topological polar surface area (TPSA) is 63.7 Å². The van der Waals surface area contributed by atoms with Gasteiger partial charge < -0.3 is 15.3 Å². The summed E-state index contributed by atoms with van der Waals surface area (Å²) in [5, 5.41) is 29.8. The largest absolute Gasteiger partial charge is 0.508 e. The minimum absolute atomic E-state index is 0.119. The SMILES string of the molecule is Oc1ccc(O)c(CC[N+](=Cc2ccccc2)c2ccccc2O)c1. The summed E-state index contributed by atoms with van der Waals surface area (Å²) in [6.07, 6.45) is 2.47. The minimum Gasteiger partial charge on any atom is -0.508 e. The van der Waals surface area contributed by atoms with Crippen molar-refractivity contribution in [2.75, 3.05) is 6.54 Å². The molecule has 0 aliphatic carbocycles. The van der Waals surface area contributed by atoms with Crippen LogP contribution in [0, 0.1) is 0 Å². The van der Waals surface area contributed by atoms with Gasteiger partial charge in [-0.1, -0.05) is 30.3 Å². The summed E-state index contributed by atoms with van der Waals surface area (Å²) in [5.41, 5.74) is 2.35. The summed E-state index contributed by atoms with van der Waals surface area (Å²) < 4.78 is 1.94. The Morgan fingerprint density at radius 3 is 2.24 bits per heavy atom. The van der Waals surface area contributed by atoms with Crippen LogP contribution in [0.5, 0.6) is 17.2 Å². The Morgan fingerprint density at radius 2 is 1.48 bits per heavy atom. The molecular formula is C21H20NO3+. The Bertz CT molecular complexity index is 889. The van der Waals surface area contributed by atoms with Gasteiger partial charge in [0.05, 0.1) is 0 Å². The lowest BCUT2D eigenvalue weighted by molar-refractivity contribution is -0.435. The van der Waals surface area contributed by atoms with Crippen LogP contribution in [-0.4, -0.2) is 32.7 Å². The molecule has 0 unspecified atom stereocenters. The molecule has 0 heterocycles. The number of nitrogens with zero attached hydrogens (tertiary/aromatic N) is 1. The second kappa shape index (κ2) is 7.53. The van der Waals surface area contributed by atoms with E-state index in [1.807, 2.05) is 53.3 Å². The predicted octanol–water partition coefficient (Wildman–Crippen LogP) is 3.81. The van der Waals surface area contributed by atoms with Gasteiger partial charge in [-0.25, -0.2) is 0 Å². The van der Waals surface area contributed by atoms with Gasteiger partial charge in [-0.2, -0.15) is 4.58 Å². The highest BCUT2D eigenvalue weighted by Crippen LogP contribution is 2.27. The molecule has 25 heavy (non-hydrogen) atoms. The number of benzene rings is 3. The third-order valence-corrected chi connectivity index (χ3v) is 3.98. The van der Waals surface area contributed by atoms with E-state index in [9.17, 15) is 15.3 Å². The van der Waals surface area contributed by atoms with Gasteiger partial charge in [-0.15, -0.1) is 0 Å². The normalized spacial score (nSPS) is 11.4. The molecule has 3 N–H and O–H groups in total. The van der Waals surface area contributed by atoms with Crippen LogP contribution >= 0.6 is 0 Å². The lowest BCUT2D eigenvalue weighted by atomic mass is 10.1. The molecule has 0 atom stereocenters. The zero-order chi connectivity index (χ0) is 17.6. The molecule has 0 amide bonds. The monoisotopic (exact) mass is 334 g/mol. The maximum Gasteiger partial charge on any atom is 0.247 e. The Kier molecular flexibility index (Phi) is 5.00. The van der Waals surface area contributed by atoms with Crippen LogP contribution in [0.25, 0.3) is 0 Å². The lowest BCUT2D eigenvalue weighted by Gasteiger charge is -2.07. The van der Waals surface area contributed by atoms with Crippen molar-refractivity contribution in [1.82, 2.24) is 0 Å². The van der Waals surface area contributed by atoms with Crippen LogP contribution in [0.2, 0.25) is 0 Å². The van der Waals surface area contributed by atoms with E-state index >= 15 is 0 Å². The van der Waals surface area contributed by atoms with Crippen LogP contribution in [0.1, 0.15) is 11.1 Å². The molecule has 0 aliphatic heterocycles. The third kappa shape index (κ3) is 4.18. The maximum atomic E-state index is 10.2. The zero-order valence-electron chi connectivity index (χ0n) is 13.7. The summed E-state index contributed by atoms with van der Waals surface area (Å²) in [7, 11) is 0. The van der Waals surface area contributed by atoms with Gasteiger partial charge in [0.15, 0.2) is 18.5 Å². The van der Waals surface area contributed by atoms with Crippen molar-refractivity contribution in [3.63, 3.8) is 0 Å². The van der Waals surface area contributed by atoms with E-state index in [1.54, 1.807) is 18.2 Å². The highest BCUT2D eigenvalue weighted by Gasteiger charge is 2.16. The van der Waals surface area contributed by atoms with Gasteiger partial charge in [0.25, 0.3) is 0 Å². The van der Waals surface area contributed by atoms with Gasteiger partial charge >= 0.3 is 0 Å². The average Bonchev–Trinajstić information content (AvgIpc) is 2.63. The summed E-state index contributed by atoms with van der Waals surface area (Å²) in [6, 6.07) is 21.5. The number of hydrogen-bond donors (Lipinski definition) is 3. The molecule has 0 aromatic heterocycles. The van der Waals surface area contributed by atoms with E-state index in [0.717, 1.165) is 5.56 Å². The molecule has 3 aromatic rings. The van der Waals surface area contributed by atoms with E-state index in [2.05, 4.69) is 0 Å². The summed E-state index contributed by atoms with van der Waals surface area (Å²) in [5.74, 6) is 0.457.